The van der Waals surface area contributed by atoms with E-state index in [1.54, 1.807) is 29.2 Å². The number of nitrogens with one attached hydrogen (secondary N) is 3. The monoisotopic (exact) mass is 468 g/mol. The van der Waals surface area contributed by atoms with Gasteiger partial charge in [-0.3, -0.25) is 9.71 Å². The topological polar surface area (TPSA) is 100 Å². The van der Waals surface area contributed by atoms with Crippen molar-refractivity contribution >= 4 is 27.4 Å². The SMILES string of the molecule is O=C(NCc1cccnc1)Nc1ccc(S(=O)(=O)Nc2cc(C(F)(F)F)ccc2F)cc1. The molecule has 0 bridgehead atoms. The second-order valence-corrected chi connectivity index (χ2v) is 8.17. The Bertz CT molecular complexity index is 1200. The third-order valence-corrected chi connectivity index (χ3v) is 5.52. The van der Waals surface area contributed by atoms with Crippen LogP contribution in [0.1, 0.15) is 11.1 Å². The van der Waals surface area contributed by atoms with E-state index in [4.69, 9.17) is 0 Å². The van der Waals surface area contributed by atoms with E-state index in [2.05, 4.69) is 15.6 Å². The van der Waals surface area contributed by atoms with Crippen molar-refractivity contribution in [3.63, 3.8) is 0 Å². The van der Waals surface area contributed by atoms with Crippen molar-refractivity contribution in [3.05, 3.63) is 83.9 Å². The highest BCUT2D eigenvalue weighted by atomic mass is 32.2. The molecule has 0 unspecified atom stereocenters. The van der Waals surface area contributed by atoms with Gasteiger partial charge in [0.05, 0.1) is 16.1 Å². The summed E-state index contributed by atoms with van der Waals surface area (Å²) in [4.78, 5) is 15.5. The number of rotatable bonds is 6. The number of alkyl halides is 3. The molecule has 168 valence electrons. The van der Waals surface area contributed by atoms with Crippen LogP contribution in [0.25, 0.3) is 0 Å². The maximum atomic E-state index is 13.9. The minimum atomic E-state index is -4.77. The number of anilines is 2. The van der Waals surface area contributed by atoms with E-state index in [9.17, 15) is 30.8 Å². The number of sulfonamides is 1. The largest absolute Gasteiger partial charge is 0.416 e. The standard InChI is InChI=1S/C20H16F4N4O3S/c21-17-8-3-14(20(22,23)24)10-18(17)28-32(30,31)16-6-4-15(5-7-16)27-19(29)26-12-13-2-1-9-25-11-13/h1-11,28H,12H2,(H2,26,27,29). The number of aromatic nitrogens is 1. The van der Waals surface area contributed by atoms with Gasteiger partial charge in [-0.25, -0.2) is 17.6 Å². The van der Waals surface area contributed by atoms with E-state index in [0.717, 1.165) is 17.7 Å². The molecule has 0 saturated heterocycles. The maximum absolute atomic E-state index is 13.9. The van der Waals surface area contributed by atoms with Gasteiger partial charge in [0.1, 0.15) is 5.82 Å². The van der Waals surface area contributed by atoms with Crippen LogP contribution in [0, 0.1) is 5.82 Å². The zero-order valence-electron chi connectivity index (χ0n) is 16.2. The Morgan fingerprint density at radius 3 is 2.38 bits per heavy atom. The third-order valence-electron chi connectivity index (χ3n) is 4.14. The van der Waals surface area contributed by atoms with Crippen molar-refractivity contribution in [2.75, 3.05) is 10.0 Å². The summed E-state index contributed by atoms with van der Waals surface area (Å²) in [6.45, 7) is 0.221. The predicted octanol–water partition coefficient (Wildman–Crippen LogP) is 4.36. The van der Waals surface area contributed by atoms with Gasteiger partial charge < -0.3 is 10.6 Å². The Labute approximate surface area is 180 Å². The normalized spacial score (nSPS) is 11.6. The van der Waals surface area contributed by atoms with Gasteiger partial charge in [0.15, 0.2) is 0 Å². The summed E-state index contributed by atoms with van der Waals surface area (Å²) in [5, 5.41) is 5.10. The van der Waals surface area contributed by atoms with Gasteiger partial charge in [0, 0.05) is 24.6 Å². The first-order valence-electron chi connectivity index (χ1n) is 8.98. The molecule has 0 saturated carbocycles. The number of amides is 2. The number of benzene rings is 2. The molecule has 0 aliphatic heterocycles. The fourth-order valence-corrected chi connectivity index (χ4v) is 3.62. The van der Waals surface area contributed by atoms with Crippen LogP contribution in [0.3, 0.4) is 0 Å². The van der Waals surface area contributed by atoms with Gasteiger partial charge >= 0.3 is 12.2 Å². The van der Waals surface area contributed by atoms with Gasteiger partial charge in [-0.15, -0.1) is 0 Å². The Balaban J connectivity index is 1.66. The molecule has 2 aromatic carbocycles. The molecular weight excluding hydrogens is 452 g/mol. The highest BCUT2D eigenvalue weighted by molar-refractivity contribution is 7.92. The molecule has 0 spiro atoms. The van der Waals surface area contributed by atoms with Crippen molar-refractivity contribution in [1.29, 1.82) is 0 Å². The second-order valence-electron chi connectivity index (χ2n) is 6.49. The first-order chi connectivity index (χ1) is 15.0. The Morgan fingerprint density at radius 1 is 1.03 bits per heavy atom. The molecular formula is C20H16F4N4O3S. The predicted molar refractivity (Wildman–Crippen MR) is 109 cm³/mol. The number of carbonyl (C=O) groups excluding carboxylic acids is 1. The minimum absolute atomic E-state index is 0.221. The average molecular weight is 468 g/mol. The van der Waals surface area contributed by atoms with E-state index in [1.165, 1.54) is 12.1 Å². The number of nitrogens with zero attached hydrogens (tertiary/aromatic N) is 1. The van der Waals surface area contributed by atoms with E-state index in [-0.39, 0.29) is 17.1 Å². The Kier molecular flexibility index (Phi) is 6.63. The number of urea groups is 1. The van der Waals surface area contributed by atoms with Crippen molar-refractivity contribution < 1.29 is 30.8 Å². The first-order valence-corrected chi connectivity index (χ1v) is 10.5. The molecule has 0 aliphatic carbocycles. The summed E-state index contributed by atoms with van der Waals surface area (Å²) in [6, 6.07) is 9.13. The fourth-order valence-electron chi connectivity index (χ4n) is 2.56. The Morgan fingerprint density at radius 2 is 1.75 bits per heavy atom. The van der Waals surface area contributed by atoms with Crippen LogP contribution in [0.4, 0.5) is 33.7 Å². The van der Waals surface area contributed by atoms with Crippen molar-refractivity contribution in [3.8, 4) is 0 Å². The lowest BCUT2D eigenvalue weighted by atomic mass is 10.2. The molecule has 2 amide bonds. The maximum Gasteiger partial charge on any atom is 0.416 e. The van der Waals surface area contributed by atoms with Gasteiger partial charge in [0.2, 0.25) is 0 Å². The smallest absolute Gasteiger partial charge is 0.334 e. The summed E-state index contributed by atoms with van der Waals surface area (Å²) in [5.41, 5.74) is -1.000. The van der Waals surface area contributed by atoms with Crippen molar-refractivity contribution in [1.82, 2.24) is 10.3 Å². The quantitative estimate of drug-likeness (QED) is 0.468. The van der Waals surface area contributed by atoms with E-state index in [1.807, 2.05) is 0 Å². The highest BCUT2D eigenvalue weighted by Crippen LogP contribution is 2.32. The van der Waals surface area contributed by atoms with E-state index >= 15 is 0 Å². The number of halogens is 4. The summed E-state index contributed by atoms with van der Waals surface area (Å²) in [5.74, 6) is -1.16. The van der Waals surface area contributed by atoms with Gasteiger partial charge in [-0.2, -0.15) is 13.2 Å². The summed E-state index contributed by atoms with van der Waals surface area (Å²) < 4.78 is 79.0. The molecule has 12 heteroatoms. The van der Waals surface area contributed by atoms with Gasteiger partial charge in [0.25, 0.3) is 10.0 Å². The molecule has 32 heavy (non-hydrogen) atoms. The molecule has 3 rings (SSSR count). The molecule has 3 N–H and O–H groups in total. The van der Waals surface area contributed by atoms with Crippen LogP contribution in [-0.2, 0) is 22.7 Å². The molecule has 0 radical (unpaired) electrons. The van der Waals surface area contributed by atoms with Crippen LogP contribution in [-0.4, -0.2) is 19.4 Å². The molecule has 0 atom stereocenters. The molecule has 7 nitrogen and oxygen atoms in total. The molecule has 1 aromatic heterocycles. The van der Waals surface area contributed by atoms with Crippen LogP contribution < -0.4 is 15.4 Å². The summed E-state index contributed by atoms with van der Waals surface area (Å²) in [7, 11) is -4.38. The summed E-state index contributed by atoms with van der Waals surface area (Å²) in [6.07, 6.45) is -1.59. The molecule has 1 heterocycles. The first kappa shape index (κ1) is 23.0. The number of hydrogen-bond acceptors (Lipinski definition) is 4. The van der Waals surface area contributed by atoms with Crippen LogP contribution in [0.15, 0.2) is 71.9 Å². The van der Waals surface area contributed by atoms with E-state index < -0.39 is 39.3 Å². The van der Waals surface area contributed by atoms with Gasteiger partial charge in [-0.1, -0.05) is 6.07 Å². The fraction of sp³-hybridized carbons (Fsp3) is 0.100. The molecule has 3 aromatic rings. The lowest BCUT2D eigenvalue weighted by Gasteiger charge is -2.13. The zero-order valence-corrected chi connectivity index (χ0v) is 17.0. The second kappa shape index (κ2) is 9.22. The van der Waals surface area contributed by atoms with E-state index in [0.29, 0.717) is 18.2 Å². The Hall–Kier alpha value is -3.67. The molecule has 0 fully saturated rings. The van der Waals surface area contributed by atoms with Gasteiger partial charge in [-0.05, 0) is 54.1 Å². The van der Waals surface area contributed by atoms with Crippen LogP contribution >= 0.6 is 0 Å². The van der Waals surface area contributed by atoms with Crippen LogP contribution in [0.5, 0.6) is 0 Å². The number of carbonyl (C=O) groups is 1. The lowest BCUT2D eigenvalue weighted by molar-refractivity contribution is -0.137. The highest BCUT2D eigenvalue weighted by Gasteiger charge is 2.31. The lowest BCUT2D eigenvalue weighted by Crippen LogP contribution is -2.28. The number of pyridine rings is 1. The minimum Gasteiger partial charge on any atom is -0.334 e. The average Bonchev–Trinajstić information content (AvgIpc) is 2.74. The zero-order chi connectivity index (χ0) is 23.4. The van der Waals surface area contributed by atoms with Crippen molar-refractivity contribution in [2.45, 2.75) is 17.6 Å². The molecule has 0 aliphatic rings. The van der Waals surface area contributed by atoms with Crippen LogP contribution in [0.2, 0.25) is 0 Å². The third kappa shape index (κ3) is 5.94. The summed E-state index contributed by atoms with van der Waals surface area (Å²) >= 11 is 0. The van der Waals surface area contributed by atoms with Crippen molar-refractivity contribution in [2.24, 2.45) is 0 Å². The number of hydrogen-bond donors (Lipinski definition) is 3.